The van der Waals surface area contributed by atoms with Crippen LogP contribution in [0.25, 0.3) is 0 Å². The van der Waals surface area contributed by atoms with Gasteiger partial charge in [-0.1, -0.05) is 27.2 Å². The van der Waals surface area contributed by atoms with Gasteiger partial charge in [-0.3, -0.25) is 0 Å². The lowest BCUT2D eigenvalue weighted by Crippen LogP contribution is -2.36. The zero-order chi connectivity index (χ0) is 21.6. The quantitative estimate of drug-likeness (QED) is 0.604. The maximum absolute atomic E-state index is 12.4. The van der Waals surface area contributed by atoms with Gasteiger partial charge in [0, 0.05) is 0 Å². The van der Waals surface area contributed by atoms with E-state index in [1.807, 2.05) is 0 Å². The molecule has 0 saturated heterocycles. The number of carbonyl (C=O) groups excluding carboxylic acids is 2. The highest BCUT2D eigenvalue weighted by atomic mass is 16.6. The van der Waals surface area contributed by atoms with E-state index >= 15 is 0 Å². The number of benzene rings is 1. The van der Waals surface area contributed by atoms with Crippen molar-refractivity contribution in [3.8, 4) is 17.2 Å². The van der Waals surface area contributed by atoms with Gasteiger partial charge in [-0.05, 0) is 42.7 Å². The molecule has 0 unspecified atom stereocenters. The molecule has 2 rings (SSSR count). The molecule has 162 valence electrons. The molecule has 3 atom stereocenters. The SMILES string of the molecule is COc1cc(C(=O)OCC(=O)O[C@@H]2C[C@H](C)CC[C@@H]2C(C)C)cc(OC)c1OC. The molecule has 1 aromatic carbocycles. The molecule has 0 heterocycles. The lowest BCUT2D eigenvalue weighted by atomic mass is 9.75. The first kappa shape index (κ1) is 22.8. The fourth-order valence-electron chi connectivity index (χ4n) is 3.86. The van der Waals surface area contributed by atoms with E-state index in [-0.39, 0.29) is 11.7 Å². The van der Waals surface area contributed by atoms with Gasteiger partial charge in [0.25, 0.3) is 0 Å². The van der Waals surface area contributed by atoms with E-state index in [1.54, 1.807) is 0 Å². The Balaban J connectivity index is 2.00. The molecule has 1 aromatic rings. The highest BCUT2D eigenvalue weighted by molar-refractivity contribution is 5.92. The number of hydrogen-bond acceptors (Lipinski definition) is 7. The smallest absolute Gasteiger partial charge is 0.344 e. The highest BCUT2D eigenvalue weighted by Gasteiger charge is 2.33. The van der Waals surface area contributed by atoms with Crippen LogP contribution in [-0.2, 0) is 14.3 Å². The number of hydrogen-bond donors (Lipinski definition) is 0. The molecular weight excluding hydrogens is 376 g/mol. The summed E-state index contributed by atoms with van der Waals surface area (Å²) in [5.74, 6) is 1.12. The predicted molar refractivity (Wildman–Crippen MR) is 108 cm³/mol. The Labute approximate surface area is 172 Å². The van der Waals surface area contributed by atoms with Crippen LogP contribution >= 0.6 is 0 Å². The molecular formula is C22H32O7. The third-order valence-electron chi connectivity index (χ3n) is 5.47. The van der Waals surface area contributed by atoms with Crippen LogP contribution in [0.15, 0.2) is 12.1 Å². The minimum absolute atomic E-state index is 0.133. The summed E-state index contributed by atoms with van der Waals surface area (Å²) < 4.78 is 26.5. The molecule has 1 saturated carbocycles. The second-order valence-corrected chi connectivity index (χ2v) is 7.84. The fourth-order valence-corrected chi connectivity index (χ4v) is 3.86. The molecule has 0 aliphatic heterocycles. The first-order valence-electron chi connectivity index (χ1n) is 9.97. The average molecular weight is 408 g/mol. The van der Waals surface area contributed by atoms with Gasteiger partial charge in [0.2, 0.25) is 5.75 Å². The van der Waals surface area contributed by atoms with Gasteiger partial charge in [0.1, 0.15) is 6.10 Å². The van der Waals surface area contributed by atoms with Crippen molar-refractivity contribution in [2.24, 2.45) is 17.8 Å². The Hall–Kier alpha value is -2.44. The number of ether oxygens (including phenoxy) is 5. The van der Waals surface area contributed by atoms with Crippen LogP contribution in [0.3, 0.4) is 0 Å². The maximum atomic E-state index is 12.4. The Morgan fingerprint density at radius 2 is 1.66 bits per heavy atom. The van der Waals surface area contributed by atoms with Gasteiger partial charge in [-0.25, -0.2) is 9.59 Å². The number of carbonyl (C=O) groups is 2. The zero-order valence-corrected chi connectivity index (χ0v) is 18.2. The predicted octanol–water partition coefficient (Wildman–Crippen LogP) is 3.87. The van der Waals surface area contributed by atoms with E-state index in [1.165, 1.54) is 33.5 Å². The molecule has 0 spiro atoms. The summed E-state index contributed by atoms with van der Waals surface area (Å²) in [5, 5.41) is 0. The summed E-state index contributed by atoms with van der Waals surface area (Å²) in [4.78, 5) is 24.7. The summed E-state index contributed by atoms with van der Waals surface area (Å²) >= 11 is 0. The standard InChI is InChI=1S/C22H32O7/c1-13(2)16-8-7-14(3)9-17(16)29-20(23)12-28-22(24)15-10-18(25-4)21(27-6)19(11-15)26-5/h10-11,13-14,16-17H,7-9,12H2,1-6H3/t14-,16-,17-/m1/s1. The van der Waals surface area contributed by atoms with Crippen LogP contribution in [0.4, 0.5) is 0 Å². The van der Waals surface area contributed by atoms with Gasteiger partial charge < -0.3 is 23.7 Å². The minimum atomic E-state index is -0.668. The molecule has 1 aliphatic rings. The minimum Gasteiger partial charge on any atom is -0.493 e. The van der Waals surface area contributed by atoms with Crippen LogP contribution in [-0.4, -0.2) is 46.0 Å². The second kappa shape index (κ2) is 10.4. The lowest BCUT2D eigenvalue weighted by molar-refractivity contribution is -0.159. The van der Waals surface area contributed by atoms with Gasteiger partial charge in [0.05, 0.1) is 26.9 Å². The molecule has 0 amide bonds. The van der Waals surface area contributed by atoms with Crippen molar-refractivity contribution in [1.29, 1.82) is 0 Å². The van der Waals surface area contributed by atoms with E-state index in [4.69, 9.17) is 23.7 Å². The molecule has 7 nitrogen and oxygen atoms in total. The van der Waals surface area contributed by atoms with Crippen LogP contribution in [0.5, 0.6) is 17.2 Å². The van der Waals surface area contributed by atoms with E-state index in [9.17, 15) is 9.59 Å². The third-order valence-corrected chi connectivity index (χ3v) is 5.47. The van der Waals surface area contributed by atoms with Gasteiger partial charge >= 0.3 is 11.9 Å². The number of methoxy groups -OCH3 is 3. The zero-order valence-electron chi connectivity index (χ0n) is 18.2. The van der Waals surface area contributed by atoms with Crippen molar-refractivity contribution >= 4 is 11.9 Å². The maximum Gasteiger partial charge on any atom is 0.344 e. The number of rotatable bonds is 8. The summed E-state index contributed by atoms with van der Waals surface area (Å²) in [6.45, 7) is 6.02. The molecule has 0 aromatic heterocycles. The van der Waals surface area contributed by atoms with Gasteiger partial charge in [-0.2, -0.15) is 0 Å². The second-order valence-electron chi connectivity index (χ2n) is 7.84. The molecule has 1 fully saturated rings. The fraction of sp³-hybridized carbons (Fsp3) is 0.636. The van der Waals surface area contributed by atoms with Crippen molar-refractivity contribution in [1.82, 2.24) is 0 Å². The van der Waals surface area contributed by atoms with Crippen molar-refractivity contribution in [3.05, 3.63) is 17.7 Å². The summed E-state index contributed by atoms with van der Waals surface area (Å²) in [5.41, 5.74) is 0.193. The monoisotopic (exact) mass is 408 g/mol. The van der Waals surface area contributed by atoms with Crippen molar-refractivity contribution in [3.63, 3.8) is 0 Å². The molecule has 1 aliphatic carbocycles. The number of esters is 2. The Bertz CT molecular complexity index is 688. The van der Waals surface area contributed by atoms with Crippen LogP contribution in [0.1, 0.15) is 50.4 Å². The molecule has 0 bridgehead atoms. The lowest BCUT2D eigenvalue weighted by Gasteiger charge is -2.36. The Morgan fingerprint density at radius 1 is 1.03 bits per heavy atom. The van der Waals surface area contributed by atoms with E-state index in [0.717, 1.165) is 19.3 Å². The van der Waals surface area contributed by atoms with Crippen LogP contribution in [0.2, 0.25) is 0 Å². The first-order chi connectivity index (χ1) is 13.8. The summed E-state index contributed by atoms with van der Waals surface area (Å²) in [7, 11) is 4.39. The summed E-state index contributed by atoms with van der Waals surface area (Å²) in [6, 6.07) is 2.96. The Kier molecular flexibility index (Phi) is 8.17. The first-order valence-corrected chi connectivity index (χ1v) is 9.97. The third kappa shape index (κ3) is 5.78. The van der Waals surface area contributed by atoms with E-state index in [0.29, 0.717) is 35.0 Å². The molecule has 0 radical (unpaired) electrons. The van der Waals surface area contributed by atoms with Crippen LogP contribution in [0, 0.1) is 17.8 Å². The highest BCUT2D eigenvalue weighted by Crippen LogP contribution is 2.38. The molecule has 29 heavy (non-hydrogen) atoms. The van der Waals surface area contributed by atoms with Crippen molar-refractivity contribution in [2.45, 2.75) is 46.1 Å². The topological polar surface area (TPSA) is 80.3 Å². The average Bonchev–Trinajstić information content (AvgIpc) is 2.70. The molecule has 7 heteroatoms. The van der Waals surface area contributed by atoms with E-state index in [2.05, 4.69) is 20.8 Å². The van der Waals surface area contributed by atoms with Crippen molar-refractivity contribution < 1.29 is 33.3 Å². The molecule has 0 N–H and O–H groups in total. The van der Waals surface area contributed by atoms with Gasteiger partial charge in [-0.15, -0.1) is 0 Å². The van der Waals surface area contributed by atoms with Gasteiger partial charge in [0.15, 0.2) is 18.1 Å². The Morgan fingerprint density at radius 3 is 2.17 bits per heavy atom. The van der Waals surface area contributed by atoms with Crippen LogP contribution < -0.4 is 14.2 Å². The van der Waals surface area contributed by atoms with E-state index < -0.39 is 18.5 Å². The van der Waals surface area contributed by atoms with Crippen molar-refractivity contribution in [2.75, 3.05) is 27.9 Å². The normalized spacial score (nSPS) is 21.4. The summed E-state index contributed by atoms with van der Waals surface area (Å²) in [6.07, 6.45) is 2.90. The largest absolute Gasteiger partial charge is 0.493 e.